The van der Waals surface area contributed by atoms with Crippen LogP contribution in [-0.4, -0.2) is 28.0 Å². The Labute approximate surface area is 111 Å². The van der Waals surface area contributed by atoms with Crippen molar-refractivity contribution in [3.8, 4) is 6.07 Å². The normalized spacial score (nSPS) is 14.2. The molecule has 1 unspecified atom stereocenters. The molecule has 4 nitrogen and oxygen atoms in total. The van der Waals surface area contributed by atoms with Crippen molar-refractivity contribution in [1.29, 1.82) is 5.26 Å². The fraction of sp³-hybridized carbons (Fsp3) is 0.727. The van der Waals surface area contributed by atoms with Crippen molar-refractivity contribution in [3.05, 3.63) is 5.51 Å². The van der Waals surface area contributed by atoms with E-state index >= 15 is 0 Å². The molecular weight excluding hydrogens is 252 g/mol. The fourth-order valence-corrected chi connectivity index (χ4v) is 3.16. The molecule has 0 fully saturated rings. The highest BCUT2D eigenvalue weighted by Crippen LogP contribution is 2.23. The van der Waals surface area contributed by atoms with E-state index in [9.17, 15) is 5.26 Å². The van der Waals surface area contributed by atoms with E-state index in [2.05, 4.69) is 28.5 Å². The summed E-state index contributed by atoms with van der Waals surface area (Å²) in [5.74, 6) is 0.990. The molecular formula is C11H18N4S2. The van der Waals surface area contributed by atoms with Crippen molar-refractivity contribution in [2.45, 2.75) is 43.0 Å². The first kappa shape index (κ1) is 14.4. The molecule has 1 atom stereocenters. The molecule has 0 spiro atoms. The third-order valence-electron chi connectivity index (χ3n) is 2.65. The molecule has 0 aliphatic heterocycles. The molecule has 1 N–H and O–H groups in total. The van der Waals surface area contributed by atoms with E-state index in [1.165, 1.54) is 0 Å². The Kier molecular flexibility index (Phi) is 6.48. The second-order valence-electron chi connectivity index (χ2n) is 3.73. The van der Waals surface area contributed by atoms with Gasteiger partial charge >= 0.3 is 0 Å². The Bertz CT molecular complexity index is 347. The van der Waals surface area contributed by atoms with Crippen molar-refractivity contribution in [2.24, 2.45) is 0 Å². The van der Waals surface area contributed by atoms with Crippen LogP contribution >= 0.6 is 23.1 Å². The van der Waals surface area contributed by atoms with Crippen LogP contribution in [0.4, 0.5) is 0 Å². The van der Waals surface area contributed by atoms with Gasteiger partial charge < -0.3 is 0 Å². The Balaban J connectivity index is 2.30. The van der Waals surface area contributed by atoms with E-state index in [1.807, 2.05) is 6.92 Å². The molecule has 0 bridgehead atoms. The van der Waals surface area contributed by atoms with Crippen molar-refractivity contribution in [2.75, 3.05) is 12.3 Å². The van der Waals surface area contributed by atoms with Gasteiger partial charge in [-0.15, -0.1) is 10.2 Å². The SMILES string of the molecule is CCNC(C#N)(CC)CCCSc1nncs1. The molecule has 0 saturated heterocycles. The van der Waals surface area contributed by atoms with E-state index < -0.39 is 0 Å². The predicted molar refractivity (Wildman–Crippen MR) is 72.2 cm³/mol. The van der Waals surface area contributed by atoms with E-state index in [1.54, 1.807) is 28.6 Å². The zero-order chi connectivity index (χ0) is 12.6. The molecule has 1 heterocycles. The lowest BCUT2D eigenvalue weighted by atomic mass is 9.92. The summed E-state index contributed by atoms with van der Waals surface area (Å²) in [5, 5.41) is 20.3. The van der Waals surface area contributed by atoms with Gasteiger partial charge in [0.15, 0.2) is 4.34 Å². The predicted octanol–water partition coefficient (Wildman–Crippen LogP) is 2.69. The number of aromatic nitrogens is 2. The van der Waals surface area contributed by atoms with Gasteiger partial charge in [0.1, 0.15) is 11.0 Å². The smallest absolute Gasteiger partial charge is 0.174 e. The molecule has 94 valence electrons. The molecule has 0 aliphatic carbocycles. The quantitative estimate of drug-likeness (QED) is 0.581. The first-order chi connectivity index (χ1) is 8.26. The lowest BCUT2D eigenvalue weighted by Gasteiger charge is -2.25. The molecule has 17 heavy (non-hydrogen) atoms. The number of hydrogen-bond donors (Lipinski definition) is 1. The average molecular weight is 270 g/mol. The summed E-state index contributed by atoms with van der Waals surface area (Å²) in [6.07, 6.45) is 2.75. The molecule has 0 aromatic carbocycles. The van der Waals surface area contributed by atoms with Gasteiger partial charge in [0, 0.05) is 5.75 Å². The van der Waals surface area contributed by atoms with Crippen molar-refractivity contribution in [1.82, 2.24) is 15.5 Å². The van der Waals surface area contributed by atoms with Gasteiger partial charge in [-0.1, -0.05) is 36.9 Å². The first-order valence-electron chi connectivity index (χ1n) is 5.81. The van der Waals surface area contributed by atoms with Gasteiger partial charge in [-0.3, -0.25) is 5.32 Å². The molecule has 0 saturated carbocycles. The van der Waals surface area contributed by atoms with Gasteiger partial charge in [0.2, 0.25) is 0 Å². The minimum absolute atomic E-state index is 0.351. The number of nitrogens with one attached hydrogen (secondary N) is 1. The van der Waals surface area contributed by atoms with Gasteiger partial charge in [0.05, 0.1) is 6.07 Å². The highest BCUT2D eigenvalue weighted by atomic mass is 32.2. The summed E-state index contributed by atoms with van der Waals surface area (Å²) >= 11 is 3.28. The van der Waals surface area contributed by atoms with Crippen LogP contribution in [-0.2, 0) is 0 Å². The third-order valence-corrected chi connectivity index (χ3v) is 4.59. The minimum atomic E-state index is -0.351. The average Bonchev–Trinajstić information content (AvgIpc) is 2.86. The van der Waals surface area contributed by atoms with Crippen LogP contribution in [0.3, 0.4) is 0 Å². The third kappa shape index (κ3) is 4.62. The molecule has 1 rings (SSSR count). The summed E-state index contributed by atoms with van der Waals surface area (Å²) in [6.45, 7) is 4.94. The summed E-state index contributed by atoms with van der Waals surface area (Å²) in [6, 6.07) is 2.41. The van der Waals surface area contributed by atoms with Crippen molar-refractivity contribution < 1.29 is 0 Å². The molecule has 1 aromatic rings. The molecule has 6 heteroatoms. The maximum atomic E-state index is 9.25. The summed E-state index contributed by atoms with van der Waals surface area (Å²) < 4.78 is 1.01. The van der Waals surface area contributed by atoms with E-state index in [0.29, 0.717) is 0 Å². The first-order valence-corrected chi connectivity index (χ1v) is 7.68. The number of thioether (sulfide) groups is 1. The van der Waals surface area contributed by atoms with E-state index in [4.69, 9.17) is 0 Å². The second-order valence-corrected chi connectivity index (χ2v) is 5.91. The second kappa shape index (κ2) is 7.64. The van der Waals surface area contributed by atoms with Gasteiger partial charge in [-0.25, -0.2) is 0 Å². The van der Waals surface area contributed by atoms with Crippen molar-refractivity contribution in [3.63, 3.8) is 0 Å². The maximum absolute atomic E-state index is 9.25. The summed E-state index contributed by atoms with van der Waals surface area (Å²) in [5.41, 5.74) is 1.39. The Morgan fingerprint density at radius 3 is 2.94 bits per heavy atom. The zero-order valence-corrected chi connectivity index (χ0v) is 11.9. The number of nitriles is 1. The zero-order valence-electron chi connectivity index (χ0n) is 10.3. The molecule has 0 amide bonds. The molecule has 0 aliphatic rings. The van der Waals surface area contributed by atoms with Crippen LogP contribution in [0.25, 0.3) is 0 Å². The Hall–Kier alpha value is -0.640. The van der Waals surface area contributed by atoms with Crippen LogP contribution in [0.1, 0.15) is 33.1 Å². The number of hydrogen-bond acceptors (Lipinski definition) is 6. The number of nitrogens with zero attached hydrogens (tertiary/aromatic N) is 3. The Morgan fingerprint density at radius 1 is 1.59 bits per heavy atom. The Morgan fingerprint density at radius 2 is 2.41 bits per heavy atom. The van der Waals surface area contributed by atoms with Gasteiger partial charge in [-0.2, -0.15) is 5.26 Å². The lowest BCUT2D eigenvalue weighted by molar-refractivity contribution is 0.379. The monoisotopic (exact) mass is 270 g/mol. The number of rotatable bonds is 8. The van der Waals surface area contributed by atoms with E-state index in [0.717, 1.165) is 35.9 Å². The largest absolute Gasteiger partial charge is 0.300 e. The topological polar surface area (TPSA) is 61.6 Å². The van der Waals surface area contributed by atoms with Crippen LogP contribution in [0.2, 0.25) is 0 Å². The maximum Gasteiger partial charge on any atom is 0.174 e. The minimum Gasteiger partial charge on any atom is -0.300 e. The summed E-state index contributed by atoms with van der Waals surface area (Å²) in [7, 11) is 0. The van der Waals surface area contributed by atoms with E-state index in [-0.39, 0.29) is 5.54 Å². The van der Waals surface area contributed by atoms with Gasteiger partial charge in [0.25, 0.3) is 0 Å². The van der Waals surface area contributed by atoms with Crippen LogP contribution in [0.15, 0.2) is 9.85 Å². The van der Waals surface area contributed by atoms with Crippen LogP contribution in [0, 0.1) is 11.3 Å². The van der Waals surface area contributed by atoms with Crippen LogP contribution in [0.5, 0.6) is 0 Å². The molecule has 1 aromatic heterocycles. The highest BCUT2D eigenvalue weighted by molar-refractivity contribution is 8.00. The van der Waals surface area contributed by atoms with Crippen LogP contribution < -0.4 is 5.32 Å². The van der Waals surface area contributed by atoms with Crippen molar-refractivity contribution >= 4 is 23.1 Å². The molecule has 0 radical (unpaired) electrons. The lowest BCUT2D eigenvalue weighted by Crippen LogP contribution is -2.43. The van der Waals surface area contributed by atoms with Gasteiger partial charge in [-0.05, 0) is 25.8 Å². The standard InChI is InChI=1S/C11H18N4S2/c1-3-11(8-12,13-4-2)6-5-7-16-10-15-14-9-17-10/h9,13H,3-7H2,1-2H3. The highest BCUT2D eigenvalue weighted by Gasteiger charge is 2.25. The fourth-order valence-electron chi connectivity index (χ4n) is 1.66. The summed E-state index contributed by atoms with van der Waals surface area (Å²) in [4.78, 5) is 0.